The maximum atomic E-state index is 12.0. The van der Waals surface area contributed by atoms with E-state index in [0.29, 0.717) is 11.1 Å². The first-order chi connectivity index (χ1) is 9.72. The minimum atomic E-state index is 0.0119. The smallest absolute Gasteiger partial charge is 0.254 e. The first-order valence-corrected chi connectivity index (χ1v) is 8.37. The van der Waals surface area contributed by atoms with Crippen LogP contribution in [0.3, 0.4) is 0 Å². The maximum absolute atomic E-state index is 12.0. The zero-order valence-electron chi connectivity index (χ0n) is 12.4. The molecule has 1 fully saturated rings. The number of rotatable bonds is 9. The quantitative estimate of drug-likeness (QED) is 0.496. The highest BCUT2D eigenvalue weighted by Crippen LogP contribution is 2.38. The van der Waals surface area contributed by atoms with Gasteiger partial charge in [0.05, 0.1) is 0 Å². The van der Waals surface area contributed by atoms with E-state index in [4.69, 9.17) is 11.6 Å². The Hall–Kier alpha value is -0.830. The topological polar surface area (TPSA) is 34.9 Å². The van der Waals surface area contributed by atoms with Crippen molar-refractivity contribution in [2.24, 2.45) is 0 Å². The van der Waals surface area contributed by atoms with Crippen LogP contribution in [0.2, 0.25) is 5.15 Å². The third kappa shape index (κ3) is 4.62. The van der Waals surface area contributed by atoms with E-state index in [9.17, 15) is 4.79 Å². The van der Waals surface area contributed by atoms with E-state index in [2.05, 4.69) is 11.9 Å². The molecule has 1 aromatic heterocycles. The summed E-state index contributed by atoms with van der Waals surface area (Å²) in [6, 6.07) is 1.44. The molecule has 0 aromatic carbocycles. The fraction of sp³-hybridized carbons (Fsp3) is 0.750. The van der Waals surface area contributed by atoms with Gasteiger partial charge in [-0.3, -0.25) is 9.36 Å². The molecule has 0 spiro atoms. The Labute approximate surface area is 126 Å². The van der Waals surface area contributed by atoms with Crippen LogP contribution in [0, 0.1) is 0 Å². The Bertz CT molecular complexity index is 480. The van der Waals surface area contributed by atoms with Crippen molar-refractivity contribution >= 4 is 11.6 Å². The van der Waals surface area contributed by atoms with E-state index >= 15 is 0 Å². The molecule has 0 N–H and O–H groups in total. The zero-order valence-corrected chi connectivity index (χ0v) is 13.2. The van der Waals surface area contributed by atoms with Gasteiger partial charge in [0.2, 0.25) is 0 Å². The van der Waals surface area contributed by atoms with Gasteiger partial charge in [0, 0.05) is 18.5 Å². The summed E-state index contributed by atoms with van der Waals surface area (Å²) in [6.07, 6.45) is 11.1. The van der Waals surface area contributed by atoms with Crippen molar-refractivity contribution < 1.29 is 0 Å². The Kier molecular flexibility index (Phi) is 6.08. The molecule has 1 aliphatic rings. The normalized spacial score (nSPS) is 14.7. The van der Waals surface area contributed by atoms with Gasteiger partial charge < -0.3 is 0 Å². The fourth-order valence-electron chi connectivity index (χ4n) is 2.60. The molecule has 0 aliphatic heterocycles. The van der Waals surface area contributed by atoms with Gasteiger partial charge in [-0.25, -0.2) is 4.98 Å². The zero-order chi connectivity index (χ0) is 14.4. The van der Waals surface area contributed by atoms with E-state index < -0.39 is 0 Å². The first-order valence-electron chi connectivity index (χ1n) is 7.99. The van der Waals surface area contributed by atoms with Crippen LogP contribution in [0.1, 0.15) is 76.5 Å². The minimum absolute atomic E-state index is 0.0119. The second kappa shape index (κ2) is 7.82. The molecule has 1 aromatic rings. The fourth-order valence-corrected chi connectivity index (χ4v) is 2.78. The predicted molar refractivity (Wildman–Crippen MR) is 83.5 cm³/mol. The van der Waals surface area contributed by atoms with E-state index in [1.807, 2.05) is 4.57 Å². The van der Waals surface area contributed by atoms with Crippen molar-refractivity contribution in [3.8, 4) is 0 Å². The van der Waals surface area contributed by atoms with Gasteiger partial charge in [0.15, 0.2) is 0 Å². The summed E-state index contributed by atoms with van der Waals surface area (Å²) in [4.78, 5) is 16.4. The van der Waals surface area contributed by atoms with Crippen molar-refractivity contribution in [1.82, 2.24) is 9.55 Å². The number of unbranched alkanes of at least 4 members (excludes halogenated alkanes) is 6. The molecular formula is C16H25ClN2O. The summed E-state index contributed by atoms with van der Waals surface area (Å²) in [5.41, 5.74) is 0.0119. The molecule has 0 bridgehead atoms. The molecular weight excluding hydrogens is 272 g/mol. The van der Waals surface area contributed by atoms with Gasteiger partial charge in [0.25, 0.3) is 5.56 Å². The summed E-state index contributed by atoms with van der Waals surface area (Å²) in [5.74, 6) is 1.37. The van der Waals surface area contributed by atoms with Crippen LogP contribution < -0.4 is 5.56 Å². The van der Waals surface area contributed by atoms with Crippen LogP contribution in [0.4, 0.5) is 0 Å². The van der Waals surface area contributed by atoms with Gasteiger partial charge >= 0.3 is 0 Å². The molecule has 3 nitrogen and oxygen atoms in total. The average Bonchev–Trinajstić information content (AvgIpc) is 3.23. The van der Waals surface area contributed by atoms with Gasteiger partial charge in [-0.2, -0.15) is 0 Å². The second-order valence-electron chi connectivity index (χ2n) is 5.82. The van der Waals surface area contributed by atoms with Gasteiger partial charge in [-0.05, 0) is 19.3 Å². The Balaban J connectivity index is 1.82. The Morgan fingerprint density at radius 3 is 2.50 bits per heavy atom. The average molecular weight is 297 g/mol. The van der Waals surface area contributed by atoms with Gasteiger partial charge in [-0.1, -0.05) is 57.0 Å². The molecule has 0 atom stereocenters. The maximum Gasteiger partial charge on any atom is 0.254 e. The summed E-state index contributed by atoms with van der Waals surface area (Å²) < 4.78 is 1.84. The SMILES string of the molecule is CCCCCCCCCn1c(C2CC2)nc(Cl)cc1=O. The second-order valence-corrected chi connectivity index (χ2v) is 6.21. The lowest BCUT2D eigenvalue weighted by Gasteiger charge is -2.11. The highest BCUT2D eigenvalue weighted by Gasteiger charge is 2.28. The largest absolute Gasteiger partial charge is 0.296 e. The summed E-state index contributed by atoms with van der Waals surface area (Å²) in [7, 11) is 0. The molecule has 20 heavy (non-hydrogen) atoms. The lowest BCUT2D eigenvalue weighted by atomic mass is 10.1. The molecule has 0 amide bonds. The molecule has 1 aliphatic carbocycles. The lowest BCUT2D eigenvalue weighted by Crippen LogP contribution is -2.24. The van der Waals surface area contributed by atoms with Gasteiger partial charge in [-0.15, -0.1) is 0 Å². The van der Waals surface area contributed by atoms with Crippen LogP contribution in [0.15, 0.2) is 10.9 Å². The first kappa shape index (κ1) is 15.6. The van der Waals surface area contributed by atoms with E-state index in [1.54, 1.807) is 0 Å². The minimum Gasteiger partial charge on any atom is -0.296 e. The van der Waals surface area contributed by atoms with Crippen LogP contribution in [0.25, 0.3) is 0 Å². The van der Waals surface area contributed by atoms with Crippen LogP contribution >= 0.6 is 11.6 Å². The summed E-state index contributed by atoms with van der Waals surface area (Å²) in [5, 5.41) is 0.340. The van der Waals surface area contributed by atoms with Crippen molar-refractivity contribution in [1.29, 1.82) is 0 Å². The molecule has 0 radical (unpaired) electrons. The third-order valence-electron chi connectivity index (χ3n) is 3.93. The van der Waals surface area contributed by atoms with E-state index in [0.717, 1.165) is 31.6 Å². The summed E-state index contributed by atoms with van der Waals surface area (Å²) in [6.45, 7) is 3.03. The molecule has 4 heteroatoms. The highest BCUT2D eigenvalue weighted by molar-refractivity contribution is 6.29. The molecule has 1 saturated carbocycles. The molecule has 0 unspecified atom stereocenters. The predicted octanol–water partition coefficient (Wildman–Crippen LogP) is 4.52. The standard InChI is InChI=1S/C16H25ClN2O/c1-2-3-4-5-6-7-8-11-19-15(20)12-14(17)18-16(19)13-9-10-13/h12-13H,2-11H2,1H3. The lowest BCUT2D eigenvalue weighted by molar-refractivity contribution is 0.524. The van der Waals surface area contributed by atoms with Crippen LogP contribution in [0.5, 0.6) is 0 Å². The van der Waals surface area contributed by atoms with Crippen molar-refractivity contribution in [3.05, 3.63) is 27.4 Å². The Morgan fingerprint density at radius 1 is 1.20 bits per heavy atom. The van der Waals surface area contributed by atoms with Crippen LogP contribution in [-0.2, 0) is 6.54 Å². The number of hydrogen-bond donors (Lipinski definition) is 0. The number of hydrogen-bond acceptors (Lipinski definition) is 2. The number of aromatic nitrogens is 2. The summed E-state index contributed by atoms with van der Waals surface area (Å²) >= 11 is 5.90. The Morgan fingerprint density at radius 2 is 1.85 bits per heavy atom. The third-order valence-corrected chi connectivity index (χ3v) is 4.13. The van der Waals surface area contributed by atoms with E-state index in [1.165, 1.54) is 44.6 Å². The number of nitrogens with zero attached hydrogens (tertiary/aromatic N) is 2. The number of halogens is 1. The van der Waals surface area contributed by atoms with E-state index in [-0.39, 0.29) is 5.56 Å². The molecule has 2 rings (SSSR count). The van der Waals surface area contributed by atoms with Crippen molar-refractivity contribution in [2.75, 3.05) is 0 Å². The monoisotopic (exact) mass is 296 g/mol. The van der Waals surface area contributed by atoms with Gasteiger partial charge in [0.1, 0.15) is 11.0 Å². The molecule has 0 saturated heterocycles. The van der Waals surface area contributed by atoms with Crippen molar-refractivity contribution in [2.45, 2.75) is 77.2 Å². The molecule has 112 valence electrons. The highest BCUT2D eigenvalue weighted by atomic mass is 35.5. The van der Waals surface area contributed by atoms with Crippen molar-refractivity contribution in [3.63, 3.8) is 0 Å². The van der Waals surface area contributed by atoms with Crippen LogP contribution in [-0.4, -0.2) is 9.55 Å². The molecule has 1 heterocycles.